The van der Waals surface area contributed by atoms with E-state index in [0.29, 0.717) is 11.4 Å². The van der Waals surface area contributed by atoms with Crippen LogP contribution in [0.2, 0.25) is 0 Å². The van der Waals surface area contributed by atoms with Gasteiger partial charge in [0.1, 0.15) is 4.90 Å². The van der Waals surface area contributed by atoms with Gasteiger partial charge >= 0.3 is 0 Å². The highest BCUT2D eigenvalue weighted by Gasteiger charge is 2.19. The van der Waals surface area contributed by atoms with Crippen molar-refractivity contribution < 1.29 is 8.42 Å². The molecule has 1 heterocycles. The van der Waals surface area contributed by atoms with E-state index in [2.05, 4.69) is 37.5 Å². The number of nitrogens with zero attached hydrogens (tertiary/aromatic N) is 1. The quantitative estimate of drug-likeness (QED) is 0.821. The monoisotopic (exact) mass is 363 g/mol. The van der Waals surface area contributed by atoms with Gasteiger partial charge in [-0.15, -0.1) is 0 Å². The third-order valence-electron chi connectivity index (χ3n) is 2.19. The molecule has 2 N–H and O–H groups in total. The molecule has 0 spiro atoms. The lowest BCUT2D eigenvalue weighted by Crippen LogP contribution is -2.14. The SMILES string of the molecule is Cc1[nH]ncc1S(=O)(=O)Nc1ccccc1I. The van der Waals surface area contributed by atoms with Gasteiger partial charge in [-0.1, -0.05) is 12.1 Å². The van der Waals surface area contributed by atoms with Gasteiger partial charge in [0.2, 0.25) is 0 Å². The molecular weight excluding hydrogens is 353 g/mol. The first-order valence-corrected chi connectivity index (χ1v) is 7.34. The average molecular weight is 363 g/mol. The van der Waals surface area contributed by atoms with Crippen LogP contribution >= 0.6 is 22.6 Å². The number of halogens is 1. The predicted octanol–water partition coefficient (Wildman–Crippen LogP) is 2.12. The van der Waals surface area contributed by atoms with E-state index in [0.717, 1.165) is 3.57 Å². The summed E-state index contributed by atoms with van der Waals surface area (Å²) >= 11 is 2.08. The van der Waals surface area contributed by atoms with Crippen molar-refractivity contribution in [3.8, 4) is 0 Å². The van der Waals surface area contributed by atoms with Gasteiger partial charge in [-0.3, -0.25) is 9.82 Å². The summed E-state index contributed by atoms with van der Waals surface area (Å²) in [4.78, 5) is 0.164. The molecule has 0 saturated carbocycles. The Bertz CT molecular complexity index is 637. The van der Waals surface area contributed by atoms with Crippen molar-refractivity contribution in [2.75, 3.05) is 4.72 Å². The molecule has 1 aromatic carbocycles. The molecule has 2 aromatic rings. The van der Waals surface area contributed by atoms with Gasteiger partial charge in [0, 0.05) is 3.57 Å². The largest absolute Gasteiger partial charge is 0.281 e. The van der Waals surface area contributed by atoms with Crippen molar-refractivity contribution in [1.29, 1.82) is 0 Å². The molecule has 0 amide bonds. The van der Waals surface area contributed by atoms with Crippen molar-refractivity contribution >= 4 is 38.3 Å². The molecule has 7 heteroatoms. The number of anilines is 1. The molecule has 0 aliphatic carbocycles. The standard InChI is InChI=1S/C10H10IN3O2S/c1-7-10(6-12-13-7)17(15,16)14-9-5-3-2-4-8(9)11/h2-6,14H,1H3,(H,12,13). The summed E-state index contributed by atoms with van der Waals surface area (Å²) < 4.78 is 27.5. The van der Waals surface area contributed by atoms with E-state index < -0.39 is 10.0 Å². The molecule has 0 fully saturated rings. The molecule has 0 radical (unpaired) electrons. The highest BCUT2D eigenvalue weighted by Crippen LogP contribution is 2.21. The lowest BCUT2D eigenvalue weighted by Gasteiger charge is -2.08. The van der Waals surface area contributed by atoms with Crippen molar-refractivity contribution in [3.05, 3.63) is 39.7 Å². The van der Waals surface area contributed by atoms with Crippen LogP contribution in [0.15, 0.2) is 35.4 Å². The summed E-state index contributed by atoms with van der Waals surface area (Å²) in [6.07, 6.45) is 1.30. The topological polar surface area (TPSA) is 74.8 Å². The fourth-order valence-electron chi connectivity index (χ4n) is 1.35. The van der Waals surface area contributed by atoms with Crippen LogP contribution in [0.4, 0.5) is 5.69 Å². The minimum absolute atomic E-state index is 0.164. The number of aromatic nitrogens is 2. The van der Waals surface area contributed by atoms with Crippen LogP contribution in [0, 0.1) is 10.5 Å². The minimum Gasteiger partial charge on any atom is -0.281 e. The second-order valence-corrected chi connectivity index (χ2v) is 6.26. The lowest BCUT2D eigenvalue weighted by atomic mass is 10.3. The maximum atomic E-state index is 12.1. The highest BCUT2D eigenvalue weighted by molar-refractivity contribution is 14.1. The Morgan fingerprint density at radius 1 is 1.35 bits per heavy atom. The van der Waals surface area contributed by atoms with Crippen molar-refractivity contribution in [3.63, 3.8) is 0 Å². The molecule has 0 aliphatic rings. The number of nitrogens with one attached hydrogen (secondary N) is 2. The zero-order chi connectivity index (χ0) is 12.5. The Hall–Kier alpha value is -1.09. The number of benzene rings is 1. The number of rotatable bonds is 3. The van der Waals surface area contributed by atoms with Crippen molar-refractivity contribution in [1.82, 2.24) is 10.2 Å². The fraction of sp³-hybridized carbons (Fsp3) is 0.100. The summed E-state index contributed by atoms with van der Waals surface area (Å²) in [5, 5.41) is 6.31. The first kappa shape index (κ1) is 12.4. The molecule has 0 unspecified atom stereocenters. The van der Waals surface area contributed by atoms with E-state index in [9.17, 15) is 8.42 Å². The van der Waals surface area contributed by atoms with Crippen LogP contribution in [0.5, 0.6) is 0 Å². The Morgan fingerprint density at radius 2 is 2.06 bits per heavy atom. The van der Waals surface area contributed by atoms with Gasteiger partial charge < -0.3 is 0 Å². The molecule has 90 valence electrons. The Labute approximate surface area is 113 Å². The van der Waals surface area contributed by atoms with E-state index in [4.69, 9.17) is 0 Å². The highest BCUT2D eigenvalue weighted by atomic mass is 127. The van der Waals surface area contributed by atoms with Crippen molar-refractivity contribution in [2.45, 2.75) is 11.8 Å². The predicted molar refractivity (Wildman–Crippen MR) is 73.3 cm³/mol. The first-order chi connectivity index (χ1) is 8.00. The van der Waals surface area contributed by atoms with E-state index in [1.807, 2.05) is 12.1 Å². The Kier molecular flexibility index (Phi) is 3.38. The van der Waals surface area contributed by atoms with E-state index in [1.165, 1.54) is 6.20 Å². The molecule has 0 atom stereocenters. The number of aromatic amines is 1. The van der Waals surface area contributed by atoms with Gasteiger partial charge in [0.05, 0.1) is 17.6 Å². The molecule has 1 aromatic heterocycles. The zero-order valence-corrected chi connectivity index (χ0v) is 11.9. The molecule has 0 aliphatic heterocycles. The van der Waals surface area contributed by atoms with Crippen LogP contribution in [-0.2, 0) is 10.0 Å². The minimum atomic E-state index is -3.57. The van der Waals surface area contributed by atoms with E-state index >= 15 is 0 Å². The van der Waals surface area contributed by atoms with E-state index in [1.54, 1.807) is 19.1 Å². The normalized spacial score (nSPS) is 11.4. The maximum absolute atomic E-state index is 12.1. The first-order valence-electron chi connectivity index (χ1n) is 4.78. The second kappa shape index (κ2) is 4.65. The number of H-pyrrole nitrogens is 1. The van der Waals surface area contributed by atoms with Crippen LogP contribution in [0.3, 0.4) is 0 Å². The second-order valence-electron chi connectivity index (χ2n) is 3.44. The molecular formula is C10H10IN3O2S. The Morgan fingerprint density at radius 3 is 2.65 bits per heavy atom. The van der Waals surface area contributed by atoms with Gasteiger partial charge in [-0.2, -0.15) is 5.10 Å². The number of aryl methyl sites for hydroxylation is 1. The summed E-state index contributed by atoms with van der Waals surface area (Å²) in [5.41, 5.74) is 1.08. The number of para-hydroxylation sites is 1. The summed E-state index contributed by atoms with van der Waals surface area (Å²) in [5.74, 6) is 0. The zero-order valence-electron chi connectivity index (χ0n) is 8.94. The number of hydrogen-bond acceptors (Lipinski definition) is 3. The van der Waals surface area contributed by atoms with Crippen LogP contribution in [-0.4, -0.2) is 18.6 Å². The van der Waals surface area contributed by atoms with E-state index in [-0.39, 0.29) is 4.90 Å². The number of sulfonamides is 1. The molecule has 2 rings (SSSR count). The van der Waals surface area contributed by atoms with Crippen LogP contribution < -0.4 is 4.72 Å². The summed E-state index contributed by atoms with van der Waals surface area (Å²) in [6, 6.07) is 7.18. The fourth-order valence-corrected chi connectivity index (χ4v) is 3.28. The molecule has 0 saturated heterocycles. The maximum Gasteiger partial charge on any atom is 0.265 e. The van der Waals surface area contributed by atoms with Gasteiger partial charge in [-0.25, -0.2) is 8.42 Å². The van der Waals surface area contributed by atoms with Gasteiger partial charge in [-0.05, 0) is 41.6 Å². The van der Waals surface area contributed by atoms with Crippen LogP contribution in [0.25, 0.3) is 0 Å². The Balaban J connectivity index is 2.37. The summed E-state index contributed by atoms with van der Waals surface area (Å²) in [6.45, 7) is 1.66. The smallest absolute Gasteiger partial charge is 0.265 e. The third-order valence-corrected chi connectivity index (χ3v) is 4.61. The number of hydrogen-bond donors (Lipinski definition) is 2. The van der Waals surface area contributed by atoms with Crippen LogP contribution in [0.1, 0.15) is 5.69 Å². The summed E-state index contributed by atoms with van der Waals surface area (Å²) in [7, 11) is -3.57. The van der Waals surface area contributed by atoms with Crippen molar-refractivity contribution in [2.24, 2.45) is 0 Å². The molecule has 5 nitrogen and oxygen atoms in total. The third kappa shape index (κ3) is 2.60. The lowest BCUT2D eigenvalue weighted by molar-refractivity contribution is 0.600. The molecule has 17 heavy (non-hydrogen) atoms. The van der Waals surface area contributed by atoms with Gasteiger partial charge in [0.15, 0.2) is 0 Å². The average Bonchev–Trinajstić information content (AvgIpc) is 2.68. The van der Waals surface area contributed by atoms with Gasteiger partial charge in [0.25, 0.3) is 10.0 Å². The molecule has 0 bridgehead atoms.